The molecule has 2 aromatic rings. The van der Waals surface area contributed by atoms with E-state index >= 15 is 0 Å². The number of hydrogen-bond donors (Lipinski definition) is 1. The first kappa shape index (κ1) is 11.2. The van der Waals surface area contributed by atoms with Gasteiger partial charge in [0.1, 0.15) is 0 Å². The largest absolute Gasteiger partial charge is 0.337 e. The van der Waals surface area contributed by atoms with Crippen molar-refractivity contribution in [1.82, 2.24) is 9.55 Å². The second-order valence-corrected chi connectivity index (χ2v) is 4.18. The summed E-state index contributed by atoms with van der Waals surface area (Å²) in [5.41, 5.74) is 7.00. The van der Waals surface area contributed by atoms with Gasteiger partial charge in [-0.05, 0) is 17.7 Å². The van der Waals surface area contributed by atoms with E-state index in [9.17, 15) is 0 Å². The first-order chi connectivity index (χ1) is 7.79. The van der Waals surface area contributed by atoms with E-state index in [-0.39, 0.29) is 0 Å². The zero-order valence-corrected chi connectivity index (χ0v) is 9.64. The van der Waals surface area contributed by atoms with E-state index in [4.69, 9.17) is 17.3 Å². The van der Waals surface area contributed by atoms with Crippen molar-refractivity contribution in [3.63, 3.8) is 0 Å². The van der Waals surface area contributed by atoms with E-state index in [1.807, 2.05) is 35.0 Å². The minimum Gasteiger partial charge on any atom is -0.337 e. The number of nitrogens with zero attached hydrogens (tertiary/aromatic N) is 2. The Morgan fingerprint density at radius 2 is 2.06 bits per heavy atom. The third kappa shape index (κ3) is 2.62. The zero-order valence-electron chi connectivity index (χ0n) is 8.88. The molecule has 0 amide bonds. The molecule has 2 N–H and O–H groups in total. The lowest BCUT2D eigenvalue weighted by Crippen LogP contribution is -2.17. The summed E-state index contributed by atoms with van der Waals surface area (Å²) in [5, 5.41) is 0.752. The van der Waals surface area contributed by atoms with Crippen molar-refractivity contribution in [3.05, 3.63) is 53.6 Å². The monoisotopic (exact) mass is 235 g/mol. The minimum absolute atomic E-state index is 0.298. The Labute approximate surface area is 99.9 Å². The van der Waals surface area contributed by atoms with E-state index in [0.29, 0.717) is 12.5 Å². The van der Waals surface area contributed by atoms with Crippen LogP contribution in [-0.4, -0.2) is 16.1 Å². The van der Waals surface area contributed by atoms with Gasteiger partial charge in [-0.15, -0.1) is 0 Å². The number of benzene rings is 1. The highest BCUT2D eigenvalue weighted by Gasteiger charge is 2.09. The van der Waals surface area contributed by atoms with Crippen LogP contribution in [0.1, 0.15) is 11.5 Å². The van der Waals surface area contributed by atoms with Crippen LogP contribution in [0, 0.1) is 0 Å². The van der Waals surface area contributed by atoms with Crippen LogP contribution in [0.4, 0.5) is 0 Å². The molecule has 0 bridgehead atoms. The van der Waals surface area contributed by atoms with E-state index in [0.717, 1.165) is 11.6 Å². The minimum atomic E-state index is 0.298. The Balaban J connectivity index is 2.13. The fraction of sp³-hybridized carbons (Fsp3) is 0.250. The maximum Gasteiger partial charge on any atom is 0.0946 e. The quantitative estimate of drug-likeness (QED) is 0.884. The summed E-state index contributed by atoms with van der Waals surface area (Å²) >= 11 is 5.86. The van der Waals surface area contributed by atoms with Gasteiger partial charge in [-0.2, -0.15) is 0 Å². The molecule has 3 nitrogen and oxygen atoms in total. The third-order valence-electron chi connectivity index (χ3n) is 2.62. The van der Waals surface area contributed by atoms with E-state index in [1.54, 1.807) is 12.5 Å². The number of hydrogen-bond acceptors (Lipinski definition) is 2. The fourth-order valence-corrected chi connectivity index (χ4v) is 1.83. The summed E-state index contributed by atoms with van der Waals surface area (Å²) in [7, 11) is 0. The lowest BCUT2D eigenvalue weighted by molar-refractivity contribution is 0.566. The highest BCUT2D eigenvalue weighted by molar-refractivity contribution is 6.30. The average molecular weight is 236 g/mol. The molecule has 16 heavy (non-hydrogen) atoms. The summed E-state index contributed by atoms with van der Waals surface area (Å²) in [6.07, 6.45) is 5.52. The van der Waals surface area contributed by atoms with Crippen LogP contribution in [0.3, 0.4) is 0 Å². The van der Waals surface area contributed by atoms with Crippen molar-refractivity contribution < 1.29 is 0 Å². The van der Waals surface area contributed by atoms with Gasteiger partial charge in [-0.1, -0.05) is 23.7 Å². The number of imidazole rings is 1. The smallest absolute Gasteiger partial charge is 0.0946 e. The normalized spacial score (nSPS) is 12.6. The Kier molecular flexibility index (Phi) is 3.59. The van der Waals surface area contributed by atoms with Gasteiger partial charge in [0, 0.05) is 36.4 Å². The summed E-state index contributed by atoms with van der Waals surface area (Å²) < 4.78 is 2.03. The molecule has 84 valence electrons. The molecule has 0 aliphatic rings. The number of aromatic nitrogens is 2. The topological polar surface area (TPSA) is 43.8 Å². The average Bonchev–Trinajstić information content (AvgIpc) is 2.80. The predicted molar refractivity (Wildman–Crippen MR) is 65.5 cm³/mol. The molecule has 1 atom stereocenters. The van der Waals surface area contributed by atoms with Crippen LogP contribution in [0.25, 0.3) is 0 Å². The van der Waals surface area contributed by atoms with Gasteiger partial charge in [0.15, 0.2) is 0 Å². The van der Waals surface area contributed by atoms with Gasteiger partial charge in [0.25, 0.3) is 0 Å². The fourth-order valence-electron chi connectivity index (χ4n) is 1.70. The molecule has 0 aliphatic heterocycles. The van der Waals surface area contributed by atoms with Crippen molar-refractivity contribution in [2.75, 3.05) is 6.54 Å². The molecular formula is C12H14ClN3. The number of nitrogens with two attached hydrogens (primary N) is 1. The molecule has 0 spiro atoms. The summed E-state index contributed by atoms with van der Waals surface area (Å²) in [6.45, 7) is 1.46. The Bertz CT molecular complexity index is 422. The van der Waals surface area contributed by atoms with Crippen LogP contribution >= 0.6 is 11.6 Å². The number of rotatable bonds is 4. The molecule has 0 aliphatic carbocycles. The molecule has 0 fully saturated rings. The molecular weight excluding hydrogens is 222 g/mol. The first-order valence-electron chi connectivity index (χ1n) is 5.21. The summed E-state index contributed by atoms with van der Waals surface area (Å²) in [6, 6.07) is 7.84. The summed E-state index contributed by atoms with van der Waals surface area (Å²) in [4.78, 5) is 4.02. The highest BCUT2D eigenvalue weighted by atomic mass is 35.5. The van der Waals surface area contributed by atoms with E-state index in [2.05, 4.69) is 4.98 Å². The van der Waals surface area contributed by atoms with Crippen molar-refractivity contribution in [2.45, 2.75) is 12.5 Å². The predicted octanol–water partition coefficient (Wildman–Crippen LogP) is 2.28. The standard InChI is InChI=1S/C12H14ClN3/c13-12-3-1-10(2-4-12)11(7-14)8-16-6-5-15-9-16/h1-6,9,11H,7-8,14H2. The van der Waals surface area contributed by atoms with Gasteiger partial charge in [-0.3, -0.25) is 0 Å². The second kappa shape index (κ2) is 5.14. The van der Waals surface area contributed by atoms with Gasteiger partial charge in [0.05, 0.1) is 6.33 Å². The molecule has 1 unspecified atom stereocenters. The van der Waals surface area contributed by atoms with Gasteiger partial charge >= 0.3 is 0 Å². The molecule has 1 heterocycles. The van der Waals surface area contributed by atoms with Crippen molar-refractivity contribution in [3.8, 4) is 0 Å². The Morgan fingerprint density at radius 3 is 2.62 bits per heavy atom. The zero-order chi connectivity index (χ0) is 11.4. The molecule has 1 aromatic carbocycles. The Hall–Kier alpha value is -1.32. The molecule has 0 saturated heterocycles. The Morgan fingerprint density at radius 1 is 1.31 bits per heavy atom. The third-order valence-corrected chi connectivity index (χ3v) is 2.87. The molecule has 4 heteroatoms. The molecule has 0 radical (unpaired) electrons. The molecule has 1 aromatic heterocycles. The van der Waals surface area contributed by atoms with Crippen LogP contribution in [0.15, 0.2) is 43.0 Å². The van der Waals surface area contributed by atoms with E-state index in [1.165, 1.54) is 5.56 Å². The van der Waals surface area contributed by atoms with Gasteiger partial charge in [0.2, 0.25) is 0 Å². The van der Waals surface area contributed by atoms with Crippen LogP contribution in [0.5, 0.6) is 0 Å². The molecule has 0 saturated carbocycles. The molecule has 2 rings (SSSR count). The van der Waals surface area contributed by atoms with Crippen molar-refractivity contribution in [2.24, 2.45) is 5.73 Å². The van der Waals surface area contributed by atoms with Crippen LogP contribution < -0.4 is 5.73 Å². The van der Waals surface area contributed by atoms with Gasteiger partial charge < -0.3 is 10.3 Å². The SMILES string of the molecule is NCC(Cn1ccnc1)c1ccc(Cl)cc1. The summed E-state index contributed by atoms with van der Waals surface area (Å²) in [5.74, 6) is 0.298. The highest BCUT2D eigenvalue weighted by Crippen LogP contribution is 2.19. The number of halogens is 1. The van der Waals surface area contributed by atoms with E-state index < -0.39 is 0 Å². The maximum atomic E-state index is 5.86. The van der Waals surface area contributed by atoms with Gasteiger partial charge in [-0.25, -0.2) is 4.98 Å². The van der Waals surface area contributed by atoms with Crippen molar-refractivity contribution >= 4 is 11.6 Å². The first-order valence-corrected chi connectivity index (χ1v) is 5.58. The lowest BCUT2D eigenvalue weighted by Gasteiger charge is -2.15. The maximum absolute atomic E-state index is 5.86. The van der Waals surface area contributed by atoms with Crippen LogP contribution in [0.2, 0.25) is 5.02 Å². The van der Waals surface area contributed by atoms with Crippen LogP contribution in [-0.2, 0) is 6.54 Å². The second-order valence-electron chi connectivity index (χ2n) is 3.74. The lowest BCUT2D eigenvalue weighted by atomic mass is 9.99. The van der Waals surface area contributed by atoms with Crippen molar-refractivity contribution in [1.29, 1.82) is 0 Å².